The average Bonchev–Trinajstić information content (AvgIpc) is 2.84. The van der Waals surface area contributed by atoms with E-state index in [4.69, 9.17) is 5.73 Å². The third-order valence-corrected chi connectivity index (χ3v) is 4.61. The zero-order valence-corrected chi connectivity index (χ0v) is 12.3. The number of nitrogens with two attached hydrogens (primary N) is 1. The Morgan fingerprint density at radius 2 is 1.89 bits per heavy atom. The molecule has 0 fully saturated rings. The lowest BCUT2D eigenvalue weighted by atomic mass is 9.99. The summed E-state index contributed by atoms with van der Waals surface area (Å²) in [5, 5.41) is 3.11. The first-order valence-electron chi connectivity index (χ1n) is 5.83. The van der Waals surface area contributed by atoms with E-state index >= 15 is 0 Å². The quantitative estimate of drug-likeness (QED) is 0.711. The number of halogens is 2. The minimum atomic E-state index is -0.450. The molecule has 1 unspecified atom stereocenters. The lowest BCUT2D eigenvalue weighted by Crippen LogP contribution is -2.13. The van der Waals surface area contributed by atoms with E-state index in [2.05, 4.69) is 15.9 Å². The maximum Gasteiger partial charge on any atom is 0.128 e. The van der Waals surface area contributed by atoms with Gasteiger partial charge in [-0.25, -0.2) is 4.39 Å². The van der Waals surface area contributed by atoms with Gasteiger partial charge in [-0.05, 0) is 40.6 Å². The van der Waals surface area contributed by atoms with Crippen LogP contribution in [0.4, 0.5) is 4.39 Å². The predicted octanol–water partition coefficient (Wildman–Crippen LogP) is 4.85. The minimum absolute atomic E-state index is 0.272. The van der Waals surface area contributed by atoms with Crippen molar-refractivity contribution in [3.05, 3.63) is 69.3 Å². The van der Waals surface area contributed by atoms with Crippen LogP contribution in [0, 0.1) is 5.82 Å². The van der Waals surface area contributed by atoms with Gasteiger partial charge >= 0.3 is 0 Å². The molecule has 0 aliphatic heterocycles. The molecule has 4 heteroatoms. The lowest BCUT2D eigenvalue weighted by molar-refractivity contribution is 0.600. The normalized spacial score (nSPS) is 12.8. The summed E-state index contributed by atoms with van der Waals surface area (Å²) in [5.74, 6) is -0.272. The third kappa shape index (κ3) is 2.31. The van der Waals surface area contributed by atoms with E-state index in [0.29, 0.717) is 5.56 Å². The molecular formula is C15H11BrFNS. The fraction of sp³-hybridized carbons (Fsp3) is 0.0667. The summed E-state index contributed by atoms with van der Waals surface area (Å²) in [5.41, 5.74) is 7.72. The predicted molar refractivity (Wildman–Crippen MR) is 82.0 cm³/mol. The Kier molecular flexibility index (Phi) is 3.39. The second-order valence-electron chi connectivity index (χ2n) is 4.33. The first-order chi connectivity index (χ1) is 9.16. The second kappa shape index (κ2) is 5.04. The van der Waals surface area contributed by atoms with Gasteiger partial charge in [0.25, 0.3) is 0 Å². The Morgan fingerprint density at radius 3 is 2.74 bits per heavy atom. The zero-order chi connectivity index (χ0) is 13.4. The standard InChI is InChI=1S/C15H11BrFNS/c16-9-5-6-13(17)11(7-9)15(18)12-8-19-14-4-2-1-3-10(12)14/h1-8,15H,18H2. The van der Waals surface area contributed by atoms with Crippen LogP contribution in [0.3, 0.4) is 0 Å². The first-order valence-corrected chi connectivity index (χ1v) is 7.51. The van der Waals surface area contributed by atoms with Crippen LogP contribution in [0.5, 0.6) is 0 Å². The molecule has 0 saturated heterocycles. The summed E-state index contributed by atoms with van der Waals surface area (Å²) in [4.78, 5) is 0. The minimum Gasteiger partial charge on any atom is -0.320 e. The highest BCUT2D eigenvalue weighted by molar-refractivity contribution is 9.10. The Hall–Kier alpha value is -1.23. The van der Waals surface area contributed by atoms with Crippen LogP contribution in [0.2, 0.25) is 0 Å². The van der Waals surface area contributed by atoms with Gasteiger partial charge in [-0.2, -0.15) is 0 Å². The Labute approximate surface area is 123 Å². The Balaban J connectivity index is 2.13. The third-order valence-electron chi connectivity index (χ3n) is 3.14. The molecule has 0 radical (unpaired) electrons. The van der Waals surface area contributed by atoms with Crippen molar-refractivity contribution in [1.29, 1.82) is 0 Å². The van der Waals surface area contributed by atoms with Crippen LogP contribution >= 0.6 is 27.3 Å². The number of hydrogen-bond acceptors (Lipinski definition) is 2. The number of benzene rings is 2. The molecule has 0 bridgehead atoms. The molecule has 0 amide bonds. The largest absolute Gasteiger partial charge is 0.320 e. The number of rotatable bonds is 2. The van der Waals surface area contributed by atoms with Gasteiger partial charge in [-0.15, -0.1) is 11.3 Å². The molecule has 0 aliphatic rings. The molecule has 0 saturated carbocycles. The molecule has 3 rings (SSSR count). The maximum absolute atomic E-state index is 13.9. The Bertz CT molecular complexity index is 738. The SMILES string of the molecule is NC(c1cc(Br)ccc1F)c1csc2ccccc12. The van der Waals surface area contributed by atoms with Gasteiger partial charge < -0.3 is 5.73 Å². The molecule has 1 atom stereocenters. The molecule has 19 heavy (non-hydrogen) atoms. The van der Waals surface area contributed by atoms with Crippen LogP contribution in [0.25, 0.3) is 10.1 Å². The highest BCUT2D eigenvalue weighted by Crippen LogP contribution is 2.33. The van der Waals surface area contributed by atoms with Crippen molar-refractivity contribution < 1.29 is 4.39 Å². The molecule has 0 spiro atoms. The molecule has 1 nitrogen and oxygen atoms in total. The highest BCUT2D eigenvalue weighted by atomic mass is 79.9. The van der Waals surface area contributed by atoms with Crippen molar-refractivity contribution in [1.82, 2.24) is 0 Å². The highest BCUT2D eigenvalue weighted by Gasteiger charge is 2.17. The molecular weight excluding hydrogens is 325 g/mol. The van der Waals surface area contributed by atoms with Crippen molar-refractivity contribution in [2.24, 2.45) is 5.73 Å². The van der Waals surface area contributed by atoms with Gasteiger partial charge in [-0.3, -0.25) is 0 Å². The van der Waals surface area contributed by atoms with Gasteiger partial charge in [0.05, 0.1) is 6.04 Å². The van der Waals surface area contributed by atoms with Crippen LogP contribution in [-0.4, -0.2) is 0 Å². The first kappa shape index (κ1) is 12.8. The summed E-state index contributed by atoms with van der Waals surface area (Å²) < 4.78 is 15.9. The lowest BCUT2D eigenvalue weighted by Gasteiger charge is -2.13. The fourth-order valence-electron chi connectivity index (χ4n) is 2.16. The van der Waals surface area contributed by atoms with E-state index in [0.717, 1.165) is 15.4 Å². The van der Waals surface area contributed by atoms with Crippen molar-refractivity contribution in [2.45, 2.75) is 6.04 Å². The smallest absolute Gasteiger partial charge is 0.128 e. The van der Waals surface area contributed by atoms with Gasteiger partial charge in [0.2, 0.25) is 0 Å². The van der Waals surface area contributed by atoms with Crippen LogP contribution in [-0.2, 0) is 0 Å². The summed E-state index contributed by atoms with van der Waals surface area (Å²) in [6, 6.07) is 12.5. The molecule has 1 aromatic heterocycles. The van der Waals surface area contributed by atoms with E-state index in [1.54, 1.807) is 23.5 Å². The van der Waals surface area contributed by atoms with E-state index in [1.165, 1.54) is 10.8 Å². The van der Waals surface area contributed by atoms with E-state index in [9.17, 15) is 4.39 Å². The van der Waals surface area contributed by atoms with Crippen molar-refractivity contribution >= 4 is 37.4 Å². The monoisotopic (exact) mass is 335 g/mol. The summed E-state index contributed by atoms with van der Waals surface area (Å²) in [6.45, 7) is 0. The van der Waals surface area contributed by atoms with E-state index in [-0.39, 0.29) is 5.82 Å². The van der Waals surface area contributed by atoms with Gasteiger partial charge in [0.1, 0.15) is 5.82 Å². The van der Waals surface area contributed by atoms with Crippen LogP contribution in [0.15, 0.2) is 52.3 Å². The Morgan fingerprint density at radius 1 is 1.11 bits per heavy atom. The molecule has 3 aromatic rings. The molecule has 1 heterocycles. The second-order valence-corrected chi connectivity index (χ2v) is 6.16. The average molecular weight is 336 g/mol. The summed E-state index contributed by atoms with van der Waals surface area (Å²) in [7, 11) is 0. The van der Waals surface area contributed by atoms with Gasteiger partial charge in [-0.1, -0.05) is 34.1 Å². The molecule has 2 N–H and O–H groups in total. The van der Waals surface area contributed by atoms with Crippen molar-refractivity contribution in [2.75, 3.05) is 0 Å². The van der Waals surface area contributed by atoms with Gasteiger partial charge in [0, 0.05) is 14.7 Å². The van der Waals surface area contributed by atoms with Crippen LogP contribution < -0.4 is 5.73 Å². The zero-order valence-electron chi connectivity index (χ0n) is 9.94. The van der Waals surface area contributed by atoms with Crippen LogP contribution in [0.1, 0.15) is 17.2 Å². The van der Waals surface area contributed by atoms with Crippen molar-refractivity contribution in [3.8, 4) is 0 Å². The fourth-order valence-corrected chi connectivity index (χ4v) is 3.54. The number of thiophene rings is 1. The maximum atomic E-state index is 13.9. The van der Waals surface area contributed by atoms with E-state index in [1.807, 2.05) is 29.6 Å². The summed E-state index contributed by atoms with van der Waals surface area (Å²) in [6.07, 6.45) is 0. The number of hydrogen-bond donors (Lipinski definition) is 1. The molecule has 2 aromatic carbocycles. The number of fused-ring (bicyclic) bond motifs is 1. The van der Waals surface area contributed by atoms with Crippen molar-refractivity contribution in [3.63, 3.8) is 0 Å². The summed E-state index contributed by atoms with van der Waals surface area (Å²) >= 11 is 4.99. The topological polar surface area (TPSA) is 26.0 Å². The molecule has 0 aliphatic carbocycles. The van der Waals surface area contributed by atoms with Gasteiger partial charge in [0.15, 0.2) is 0 Å². The van der Waals surface area contributed by atoms with E-state index < -0.39 is 6.04 Å². The molecule has 96 valence electrons.